The molecule has 4 atom stereocenters. The van der Waals surface area contributed by atoms with Gasteiger partial charge in [-0.25, -0.2) is 4.79 Å². The molecule has 0 aliphatic carbocycles. The van der Waals surface area contributed by atoms with E-state index in [1.165, 1.54) is 24.3 Å². The van der Waals surface area contributed by atoms with Crippen LogP contribution in [0.3, 0.4) is 0 Å². The molecule has 12 nitrogen and oxygen atoms in total. The van der Waals surface area contributed by atoms with E-state index in [0.29, 0.717) is 12.0 Å². The topological polar surface area (TPSA) is 214 Å². The Kier molecular flexibility index (Phi) is 10.8. The fourth-order valence-electron chi connectivity index (χ4n) is 2.95. The molecule has 0 aromatic heterocycles. The molecule has 12 heteroatoms. The first kappa shape index (κ1) is 27.4. The molecule has 0 saturated carbocycles. The lowest BCUT2D eigenvalue weighted by Gasteiger charge is -2.26. The average molecular weight is 466 g/mol. The van der Waals surface area contributed by atoms with Crippen molar-refractivity contribution >= 4 is 29.6 Å². The van der Waals surface area contributed by atoms with Crippen LogP contribution in [0.15, 0.2) is 24.3 Å². The van der Waals surface area contributed by atoms with Crippen LogP contribution in [0.1, 0.15) is 32.3 Å². The summed E-state index contributed by atoms with van der Waals surface area (Å²) < 4.78 is 0. The van der Waals surface area contributed by atoms with Crippen LogP contribution in [0.4, 0.5) is 0 Å². The second kappa shape index (κ2) is 13.0. The summed E-state index contributed by atoms with van der Waals surface area (Å²) in [6.45, 7) is 3.00. The summed E-state index contributed by atoms with van der Waals surface area (Å²) in [6, 6.07) is 2.02. The number of carboxylic acid groups (broad SMARTS) is 1. The summed E-state index contributed by atoms with van der Waals surface area (Å²) in [4.78, 5) is 60.4. The van der Waals surface area contributed by atoms with Gasteiger partial charge in [-0.15, -0.1) is 0 Å². The molecule has 4 unspecified atom stereocenters. The highest BCUT2D eigenvalue weighted by molar-refractivity contribution is 5.95. The molecule has 1 aromatic carbocycles. The Morgan fingerprint density at radius 3 is 2.03 bits per heavy atom. The number of hydrogen-bond donors (Lipinski definition) is 7. The predicted molar refractivity (Wildman–Crippen MR) is 118 cm³/mol. The van der Waals surface area contributed by atoms with Crippen molar-refractivity contribution in [1.82, 2.24) is 16.0 Å². The van der Waals surface area contributed by atoms with Crippen LogP contribution < -0.4 is 27.4 Å². The van der Waals surface area contributed by atoms with Gasteiger partial charge in [-0.1, -0.05) is 32.4 Å². The standard InChI is InChI=1S/C21H31N5O7/c1-3-11(2)18(21(32)33)26-20(31)14(8-12-4-6-13(27)7-5-12)25-19(30)15(9-16(23)28)24-17(29)10-22/h4-7,11,14-15,18,27H,3,8-10,22H2,1-2H3,(H2,23,28)(H,24,29)(H,25,30)(H,26,31)(H,32,33). The van der Waals surface area contributed by atoms with E-state index in [4.69, 9.17) is 11.5 Å². The minimum absolute atomic E-state index is 0.00230. The van der Waals surface area contributed by atoms with Crippen molar-refractivity contribution < 1.29 is 34.2 Å². The zero-order valence-electron chi connectivity index (χ0n) is 18.5. The zero-order chi connectivity index (χ0) is 25.1. The fraction of sp³-hybridized carbons (Fsp3) is 0.476. The molecule has 1 aromatic rings. The number of nitrogens with two attached hydrogens (primary N) is 2. The Morgan fingerprint density at radius 2 is 1.55 bits per heavy atom. The SMILES string of the molecule is CCC(C)C(NC(=O)C(Cc1ccc(O)cc1)NC(=O)C(CC(N)=O)NC(=O)CN)C(=O)O. The maximum Gasteiger partial charge on any atom is 0.326 e. The second-order valence-corrected chi connectivity index (χ2v) is 7.64. The number of aliphatic carboxylic acids is 1. The first-order valence-electron chi connectivity index (χ1n) is 10.4. The van der Waals surface area contributed by atoms with Gasteiger partial charge in [-0.3, -0.25) is 19.2 Å². The molecular weight excluding hydrogens is 434 g/mol. The van der Waals surface area contributed by atoms with Crippen molar-refractivity contribution in [2.75, 3.05) is 6.54 Å². The lowest BCUT2D eigenvalue weighted by Crippen LogP contribution is -2.58. The van der Waals surface area contributed by atoms with Crippen molar-refractivity contribution in [2.24, 2.45) is 17.4 Å². The van der Waals surface area contributed by atoms with Gasteiger partial charge < -0.3 is 37.6 Å². The molecule has 0 heterocycles. The van der Waals surface area contributed by atoms with E-state index in [1.54, 1.807) is 13.8 Å². The number of amides is 4. The van der Waals surface area contributed by atoms with Crippen molar-refractivity contribution in [2.45, 2.75) is 51.2 Å². The summed E-state index contributed by atoms with van der Waals surface area (Å²) in [5.74, 6) is -4.83. The number of phenols is 1. The Hall–Kier alpha value is -3.67. The number of carbonyl (C=O) groups excluding carboxylic acids is 4. The Labute approximate surface area is 191 Å². The zero-order valence-corrected chi connectivity index (χ0v) is 18.5. The number of aromatic hydroxyl groups is 1. The van der Waals surface area contributed by atoms with Crippen molar-refractivity contribution in [1.29, 1.82) is 0 Å². The van der Waals surface area contributed by atoms with E-state index in [0.717, 1.165) is 0 Å². The number of phenolic OH excluding ortho intramolecular Hbond substituents is 1. The Morgan fingerprint density at radius 1 is 0.970 bits per heavy atom. The van der Waals surface area contributed by atoms with Crippen LogP contribution in [0.2, 0.25) is 0 Å². The molecule has 0 aliphatic heterocycles. The van der Waals surface area contributed by atoms with Crippen LogP contribution in [0, 0.1) is 5.92 Å². The van der Waals surface area contributed by atoms with Crippen molar-refractivity contribution in [3.63, 3.8) is 0 Å². The summed E-state index contributed by atoms with van der Waals surface area (Å²) in [6.07, 6.45) is -0.105. The lowest BCUT2D eigenvalue weighted by molar-refractivity contribution is -0.144. The van der Waals surface area contributed by atoms with Gasteiger partial charge in [0.2, 0.25) is 23.6 Å². The van der Waals surface area contributed by atoms with Gasteiger partial charge in [0.05, 0.1) is 13.0 Å². The van der Waals surface area contributed by atoms with Gasteiger partial charge in [0.1, 0.15) is 23.9 Å². The fourth-order valence-corrected chi connectivity index (χ4v) is 2.95. The lowest BCUT2D eigenvalue weighted by atomic mass is 9.98. The van der Waals surface area contributed by atoms with E-state index in [2.05, 4.69) is 16.0 Å². The van der Waals surface area contributed by atoms with Crippen molar-refractivity contribution in [3.8, 4) is 5.75 Å². The van der Waals surface area contributed by atoms with E-state index >= 15 is 0 Å². The van der Waals surface area contributed by atoms with Crippen LogP contribution in [-0.4, -0.2) is 64.5 Å². The highest BCUT2D eigenvalue weighted by Crippen LogP contribution is 2.13. The maximum atomic E-state index is 13.0. The molecule has 0 aliphatic rings. The van der Waals surface area contributed by atoms with Crippen LogP contribution in [-0.2, 0) is 30.4 Å². The van der Waals surface area contributed by atoms with E-state index in [-0.39, 0.29) is 18.1 Å². The monoisotopic (exact) mass is 465 g/mol. The molecule has 0 spiro atoms. The highest BCUT2D eigenvalue weighted by atomic mass is 16.4. The highest BCUT2D eigenvalue weighted by Gasteiger charge is 2.32. The molecule has 4 amide bonds. The first-order valence-corrected chi connectivity index (χ1v) is 10.4. The number of carboxylic acids is 1. The van der Waals surface area contributed by atoms with Crippen LogP contribution in [0.25, 0.3) is 0 Å². The number of primary amides is 1. The molecule has 0 bridgehead atoms. The molecule has 0 saturated heterocycles. The largest absolute Gasteiger partial charge is 0.508 e. The van der Waals surface area contributed by atoms with Gasteiger partial charge >= 0.3 is 5.97 Å². The Bertz CT molecular complexity index is 859. The molecule has 0 fully saturated rings. The van der Waals surface area contributed by atoms with E-state index in [9.17, 15) is 34.2 Å². The van der Waals surface area contributed by atoms with Crippen LogP contribution >= 0.6 is 0 Å². The van der Waals surface area contributed by atoms with Crippen molar-refractivity contribution in [3.05, 3.63) is 29.8 Å². The van der Waals surface area contributed by atoms with Gasteiger partial charge in [0.25, 0.3) is 0 Å². The average Bonchev–Trinajstić information content (AvgIpc) is 2.76. The van der Waals surface area contributed by atoms with E-state index in [1.807, 2.05) is 0 Å². The van der Waals surface area contributed by atoms with Gasteiger partial charge in [0.15, 0.2) is 0 Å². The summed E-state index contributed by atoms with van der Waals surface area (Å²) >= 11 is 0. The first-order chi connectivity index (χ1) is 15.5. The van der Waals surface area contributed by atoms with Crippen LogP contribution in [0.5, 0.6) is 5.75 Å². The Balaban J connectivity index is 3.16. The third-order valence-electron chi connectivity index (χ3n) is 5.03. The third kappa shape index (κ3) is 9.15. The summed E-state index contributed by atoms with van der Waals surface area (Å²) in [7, 11) is 0. The predicted octanol–water partition coefficient (Wildman–Crippen LogP) is -1.65. The molecule has 1 rings (SSSR count). The molecular formula is C21H31N5O7. The molecule has 182 valence electrons. The number of rotatable bonds is 13. The summed E-state index contributed by atoms with van der Waals surface area (Å²) in [5.41, 5.74) is 11.0. The number of benzene rings is 1. The smallest absolute Gasteiger partial charge is 0.326 e. The minimum Gasteiger partial charge on any atom is -0.508 e. The second-order valence-electron chi connectivity index (χ2n) is 7.64. The maximum absolute atomic E-state index is 13.0. The third-order valence-corrected chi connectivity index (χ3v) is 5.03. The normalized spacial score (nSPS) is 14.3. The number of carbonyl (C=O) groups is 5. The van der Waals surface area contributed by atoms with Gasteiger partial charge in [-0.2, -0.15) is 0 Å². The van der Waals surface area contributed by atoms with Gasteiger partial charge in [0, 0.05) is 6.42 Å². The van der Waals surface area contributed by atoms with Gasteiger partial charge in [-0.05, 0) is 23.6 Å². The van der Waals surface area contributed by atoms with E-state index < -0.39 is 60.7 Å². The molecule has 0 radical (unpaired) electrons. The molecule has 33 heavy (non-hydrogen) atoms. The quantitative estimate of drug-likeness (QED) is 0.179. The minimum atomic E-state index is -1.38. The number of hydrogen-bond acceptors (Lipinski definition) is 7. The number of nitrogens with one attached hydrogen (secondary N) is 3. The summed E-state index contributed by atoms with van der Waals surface area (Å²) in [5, 5.41) is 26.1. The molecule has 9 N–H and O–H groups in total.